The summed E-state index contributed by atoms with van der Waals surface area (Å²) in [5.41, 5.74) is 2.23. The molecule has 1 aromatic carbocycles. The van der Waals surface area contributed by atoms with Gasteiger partial charge in [0.1, 0.15) is 0 Å². The van der Waals surface area contributed by atoms with Gasteiger partial charge in [0, 0.05) is 36.7 Å². The summed E-state index contributed by atoms with van der Waals surface area (Å²) in [7, 11) is 1.83. The molecule has 0 saturated carbocycles. The number of ether oxygens (including phenoxy) is 2. The summed E-state index contributed by atoms with van der Waals surface area (Å²) in [4.78, 5) is 25.3. The maximum absolute atomic E-state index is 12.7. The number of benzene rings is 1. The molecule has 0 radical (unpaired) electrons. The SMILES string of the molecule is CCOC(=O)C1(C(=O)OCC)Cc2c(-c3ccccc3)nn(C)c2C1. The topological polar surface area (TPSA) is 70.4 Å². The Balaban J connectivity index is 2.05. The van der Waals surface area contributed by atoms with Gasteiger partial charge in [-0.3, -0.25) is 14.3 Å². The van der Waals surface area contributed by atoms with E-state index in [1.54, 1.807) is 18.5 Å². The van der Waals surface area contributed by atoms with Gasteiger partial charge in [0.25, 0.3) is 0 Å². The fourth-order valence-electron chi connectivity index (χ4n) is 3.40. The third-order valence-corrected chi connectivity index (χ3v) is 4.60. The second kappa shape index (κ2) is 6.70. The molecular formula is C19H22N2O4. The summed E-state index contributed by atoms with van der Waals surface area (Å²) >= 11 is 0. The average molecular weight is 342 g/mol. The highest BCUT2D eigenvalue weighted by Gasteiger charge is 2.55. The van der Waals surface area contributed by atoms with E-state index in [2.05, 4.69) is 5.10 Å². The summed E-state index contributed by atoms with van der Waals surface area (Å²) in [5.74, 6) is -1.05. The van der Waals surface area contributed by atoms with E-state index in [0.29, 0.717) is 0 Å². The molecule has 0 fully saturated rings. The van der Waals surface area contributed by atoms with Crippen molar-refractivity contribution in [3.05, 3.63) is 41.6 Å². The molecular weight excluding hydrogens is 320 g/mol. The minimum Gasteiger partial charge on any atom is -0.465 e. The monoisotopic (exact) mass is 342 g/mol. The number of nitrogens with zero attached hydrogens (tertiary/aromatic N) is 2. The van der Waals surface area contributed by atoms with Crippen molar-refractivity contribution in [1.82, 2.24) is 9.78 Å². The van der Waals surface area contributed by atoms with E-state index in [9.17, 15) is 9.59 Å². The first-order valence-corrected chi connectivity index (χ1v) is 8.48. The molecule has 25 heavy (non-hydrogen) atoms. The first-order chi connectivity index (χ1) is 12.0. The van der Waals surface area contributed by atoms with E-state index in [-0.39, 0.29) is 26.1 Å². The molecule has 0 spiro atoms. The second-order valence-electron chi connectivity index (χ2n) is 6.14. The molecule has 0 N–H and O–H groups in total. The summed E-state index contributed by atoms with van der Waals surface area (Å²) in [6, 6.07) is 9.76. The van der Waals surface area contributed by atoms with Gasteiger partial charge in [-0.15, -0.1) is 0 Å². The molecule has 6 nitrogen and oxygen atoms in total. The highest BCUT2D eigenvalue weighted by Crippen LogP contribution is 2.43. The predicted octanol–water partition coefficient (Wildman–Crippen LogP) is 2.30. The molecule has 0 bridgehead atoms. The average Bonchev–Trinajstić information content (AvgIpc) is 3.15. The van der Waals surface area contributed by atoms with Crippen molar-refractivity contribution >= 4 is 11.9 Å². The quantitative estimate of drug-likeness (QED) is 0.616. The lowest BCUT2D eigenvalue weighted by atomic mass is 9.84. The molecule has 6 heteroatoms. The van der Waals surface area contributed by atoms with E-state index in [1.165, 1.54) is 0 Å². The van der Waals surface area contributed by atoms with Crippen molar-refractivity contribution in [2.24, 2.45) is 12.5 Å². The molecule has 0 amide bonds. The molecule has 2 aromatic rings. The van der Waals surface area contributed by atoms with Crippen molar-refractivity contribution in [1.29, 1.82) is 0 Å². The Morgan fingerprint density at radius 1 is 1.08 bits per heavy atom. The fraction of sp³-hybridized carbons (Fsp3) is 0.421. The third-order valence-electron chi connectivity index (χ3n) is 4.60. The predicted molar refractivity (Wildman–Crippen MR) is 91.8 cm³/mol. The highest BCUT2D eigenvalue weighted by molar-refractivity contribution is 6.02. The van der Waals surface area contributed by atoms with Crippen LogP contribution in [0.1, 0.15) is 25.1 Å². The van der Waals surface area contributed by atoms with Gasteiger partial charge in [-0.2, -0.15) is 5.10 Å². The number of hydrogen-bond donors (Lipinski definition) is 0. The Morgan fingerprint density at radius 2 is 1.68 bits per heavy atom. The van der Waals surface area contributed by atoms with E-state index in [4.69, 9.17) is 9.47 Å². The molecule has 0 saturated heterocycles. The van der Waals surface area contributed by atoms with Gasteiger partial charge in [-0.1, -0.05) is 30.3 Å². The number of aromatic nitrogens is 2. The van der Waals surface area contributed by atoms with Crippen LogP contribution in [0.5, 0.6) is 0 Å². The molecule has 1 aromatic heterocycles. The Labute approximate surface area is 146 Å². The van der Waals surface area contributed by atoms with Crippen molar-refractivity contribution < 1.29 is 19.1 Å². The van der Waals surface area contributed by atoms with Crippen molar-refractivity contribution in [3.8, 4) is 11.3 Å². The van der Waals surface area contributed by atoms with E-state index >= 15 is 0 Å². The van der Waals surface area contributed by atoms with Crippen LogP contribution in [0.15, 0.2) is 30.3 Å². The maximum atomic E-state index is 12.7. The van der Waals surface area contributed by atoms with E-state index in [0.717, 1.165) is 22.5 Å². The zero-order chi connectivity index (χ0) is 18.0. The van der Waals surface area contributed by atoms with Crippen LogP contribution in [0, 0.1) is 5.41 Å². The Morgan fingerprint density at radius 3 is 2.24 bits per heavy atom. The van der Waals surface area contributed by atoms with Crippen LogP contribution < -0.4 is 0 Å². The van der Waals surface area contributed by atoms with Crippen LogP contribution >= 0.6 is 0 Å². The first kappa shape index (κ1) is 17.2. The van der Waals surface area contributed by atoms with Gasteiger partial charge >= 0.3 is 11.9 Å². The smallest absolute Gasteiger partial charge is 0.324 e. The Kier molecular flexibility index (Phi) is 4.61. The molecule has 1 aliphatic carbocycles. The number of esters is 2. The standard InChI is InChI=1S/C19H22N2O4/c1-4-24-17(22)19(18(23)25-5-2)11-14-15(12-19)21(3)20-16(14)13-9-7-6-8-10-13/h6-10H,4-5,11-12H2,1-3H3. The van der Waals surface area contributed by atoms with Gasteiger partial charge in [0.15, 0.2) is 5.41 Å². The fourth-order valence-corrected chi connectivity index (χ4v) is 3.40. The Hall–Kier alpha value is -2.63. The zero-order valence-corrected chi connectivity index (χ0v) is 14.7. The van der Waals surface area contributed by atoms with Gasteiger partial charge in [-0.25, -0.2) is 0 Å². The number of hydrogen-bond acceptors (Lipinski definition) is 5. The molecule has 3 rings (SSSR count). The van der Waals surface area contributed by atoms with Crippen LogP contribution in [-0.2, 0) is 39.0 Å². The largest absolute Gasteiger partial charge is 0.465 e. The zero-order valence-electron chi connectivity index (χ0n) is 14.7. The normalized spacial score (nSPS) is 14.8. The molecule has 0 atom stereocenters. The van der Waals surface area contributed by atoms with Crippen LogP contribution in [-0.4, -0.2) is 34.9 Å². The molecule has 132 valence electrons. The minimum absolute atomic E-state index is 0.222. The molecule has 0 aliphatic heterocycles. The molecule has 1 aliphatic rings. The van der Waals surface area contributed by atoms with Gasteiger partial charge in [0.2, 0.25) is 0 Å². The molecule has 1 heterocycles. The lowest BCUT2D eigenvalue weighted by molar-refractivity contribution is -0.171. The summed E-state index contributed by atoms with van der Waals surface area (Å²) in [5, 5.41) is 4.59. The lowest BCUT2D eigenvalue weighted by Crippen LogP contribution is -2.43. The van der Waals surface area contributed by atoms with Crippen LogP contribution in [0.2, 0.25) is 0 Å². The highest BCUT2D eigenvalue weighted by atomic mass is 16.6. The minimum atomic E-state index is -1.32. The Bertz CT molecular complexity index is 777. The maximum Gasteiger partial charge on any atom is 0.324 e. The first-order valence-electron chi connectivity index (χ1n) is 8.48. The number of aryl methyl sites for hydroxylation is 1. The van der Waals surface area contributed by atoms with E-state index < -0.39 is 17.4 Å². The van der Waals surface area contributed by atoms with E-state index in [1.807, 2.05) is 37.4 Å². The second-order valence-corrected chi connectivity index (χ2v) is 6.14. The lowest BCUT2D eigenvalue weighted by Gasteiger charge is -2.24. The number of rotatable bonds is 5. The van der Waals surface area contributed by atoms with Crippen LogP contribution in [0.25, 0.3) is 11.3 Å². The van der Waals surface area contributed by atoms with Gasteiger partial charge in [-0.05, 0) is 13.8 Å². The van der Waals surface area contributed by atoms with Crippen LogP contribution in [0.3, 0.4) is 0 Å². The van der Waals surface area contributed by atoms with Crippen molar-refractivity contribution in [2.75, 3.05) is 13.2 Å². The number of fused-ring (bicyclic) bond motifs is 1. The summed E-state index contributed by atoms with van der Waals surface area (Å²) < 4.78 is 12.2. The third kappa shape index (κ3) is 2.81. The number of carbonyl (C=O) groups is 2. The number of carbonyl (C=O) groups excluding carboxylic acids is 2. The van der Waals surface area contributed by atoms with Crippen molar-refractivity contribution in [3.63, 3.8) is 0 Å². The van der Waals surface area contributed by atoms with Crippen LogP contribution in [0.4, 0.5) is 0 Å². The van der Waals surface area contributed by atoms with Gasteiger partial charge in [0.05, 0.1) is 18.9 Å². The molecule has 0 unspecified atom stereocenters. The van der Waals surface area contributed by atoms with Crippen molar-refractivity contribution in [2.45, 2.75) is 26.7 Å². The van der Waals surface area contributed by atoms with Gasteiger partial charge < -0.3 is 9.47 Å². The summed E-state index contributed by atoms with van der Waals surface area (Å²) in [6.07, 6.45) is 0.494. The summed E-state index contributed by atoms with van der Waals surface area (Å²) in [6.45, 7) is 3.91.